The molecule has 0 N–H and O–H groups in total. The minimum atomic E-state index is 0.0831. The minimum absolute atomic E-state index is 0.0831. The molecule has 1 aliphatic heterocycles. The molecule has 0 aliphatic carbocycles. The molecule has 0 saturated carbocycles. The molecule has 0 amide bonds. The van der Waals surface area contributed by atoms with Crippen LogP contribution in [0.25, 0.3) is 0 Å². The molecule has 24 heavy (non-hydrogen) atoms. The van der Waals surface area contributed by atoms with Gasteiger partial charge in [0.25, 0.3) is 0 Å². The number of allylic oxidation sites excluding steroid dienone is 2. The Morgan fingerprint density at radius 3 is 2.54 bits per heavy atom. The van der Waals surface area contributed by atoms with Crippen LogP contribution < -0.4 is 0 Å². The average Bonchev–Trinajstić information content (AvgIpc) is 2.64. The number of rotatable bonds is 12. The van der Waals surface area contributed by atoms with Gasteiger partial charge in [0.2, 0.25) is 0 Å². The maximum absolute atomic E-state index is 5.76. The SMILES string of the molecule is C(=CCCc1ccccc1)CCCCCCCOC1CCCCO1. The molecular weight excluding hydrogens is 296 g/mol. The molecule has 0 bridgehead atoms. The predicted molar refractivity (Wildman–Crippen MR) is 101 cm³/mol. The van der Waals surface area contributed by atoms with Gasteiger partial charge in [-0.15, -0.1) is 0 Å². The zero-order valence-corrected chi connectivity index (χ0v) is 15.1. The third-order valence-electron chi connectivity index (χ3n) is 4.57. The van der Waals surface area contributed by atoms with Crippen molar-refractivity contribution < 1.29 is 9.47 Å². The molecule has 2 nitrogen and oxygen atoms in total. The topological polar surface area (TPSA) is 18.5 Å². The molecule has 134 valence electrons. The molecule has 1 fully saturated rings. The number of hydrogen-bond donors (Lipinski definition) is 0. The van der Waals surface area contributed by atoms with E-state index in [1.54, 1.807) is 0 Å². The normalized spacial score (nSPS) is 18.2. The van der Waals surface area contributed by atoms with Crippen LogP contribution >= 0.6 is 0 Å². The monoisotopic (exact) mass is 330 g/mol. The Morgan fingerprint density at radius 1 is 0.917 bits per heavy atom. The van der Waals surface area contributed by atoms with Crippen LogP contribution in [0.5, 0.6) is 0 Å². The van der Waals surface area contributed by atoms with Crippen LogP contribution in [0.2, 0.25) is 0 Å². The average molecular weight is 331 g/mol. The highest BCUT2D eigenvalue weighted by Gasteiger charge is 2.13. The summed E-state index contributed by atoms with van der Waals surface area (Å²) in [7, 11) is 0. The lowest BCUT2D eigenvalue weighted by Gasteiger charge is -2.22. The van der Waals surface area contributed by atoms with Gasteiger partial charge in [0, 0.05) is 13.2 Å². The van der Waals surface area contributed by atoms with E-state index in [-0.39, 0.29) is 6.29 Å². The zero-order chi connectivity index (χ0) is 16.7. The van der Waals surface area contributed by atoms with Gasteiger partial charge < -0.3 is 9.47 Å². The maximum Gasteiger partial charge on any atom is 0.157 e. The Balaban J connectivity index is 1.33. The predicted octanol–water partition coefficient (Wildman–Crippen LogP) is 6.06. The van der Waals surface area contributed by atoms with Gasteiger partial charge in [0.1, 0.15) is 0 Å². The first-order valence-corrected chi connectivity index (χ1v) is 9.87. The number of benzene rings is 1. The minimum Gasteiger partial charge on any atom is -0.353 e. The second kappa shape index (κ2) is 13.2. The van der Waals surface area contributed by atoms with E-state index in [1.807, 2.05) is 0 Å². The van der Waals surface area contributed by atoms with Gasteiger partial charge in [0.15, 0.2) is 6.29 Å². The third kappa shape index (κ3) is 9.24. The van der Waals surface area contributed by atoms with Gasteiger partial charge >= 0.3 is 0 Å². The first-order valence-electron chi connectivity index (χ1n) is 9.87. The van der Waals surface area contributed by atoms with Gasteiger partial charge in [-0.1, -0.05) is 61.7 Å². The molecule has 2 heteroatoms. The van der Waals surface area contributed by atoms with Gasteiger partial charge in [0.05, 0.1) is 0 Å². The third-order valence-corrected chi connectivity index (χ3v) is 4.57. The molecular formula is C22H34O2. The molecule has 1 unspecified atom stereocenters. The zero-order valence-electron chi connectivity index (χ0n) is 15.1. The van der Waals surface area contributed by atoms with Gasteiger partial charge in [-0.2, -0.15) is 0 Å². The van der Waals surface area contributed by atoms with E-state index in [0.717, 1.165) is 32.5 Å². The van der Waals surface area contributed by atoms with Crippen molar-refractivity contribution in [2.75, 3.05) is 13.2 Å². The summed E-state index contributed by atoms with van der Waals surface area (Å²) < 4.78 is 11.3. The van der Waals surface area contributed by atoms with E-state index < -0.39 is 0 Å². The van der Waals surface area contributed by atoms with Crippen molar-refractivity contribution in [1.29, 1.82) is 0 Å². The summed E-state index contributed by atoms with van der Waals surface area (Å²) in [6, 6.07) is 10.7. The van der Waals surface area contributed by atoms with E-state index in [0.29, 0.717) is 0 Å². The van der Waals surface area contributed by atoms with E-state index in [4.69, 9.17) is 9.47 Å². The lowest BCUT2D eigenvalue weighted by molar-refractivity contribution is -0.162. The fourth-order valence-corrected chi connectivity index (χ4v) is 3.08. The first kappa shape index (κ1) is 19.2. The Bertz CT molecular complexity index is 421. The van der Waals surface area contributed by atoms with E-state index in [2.05, 4.69) is 42.5 Å². The van der Waals surface area contributed by atoms with Crippen molar-refractivity contribution in [2.24, 2.45) is 0 Å². The number of aryl methyl sites for hydroxylation is 1. The van der Waals surface area contributed by atoms with Crippen LogP contribution in [0, 0.1) is 0 Å². The van der Waals surface area contributed by atoms with Gasteiger partial charge in [-0.3, -0.25) is 0 Å². The van der Waals surface area contributed by atoms with Crippen molar-refractivity contribution >= 4 is 0 Å². The fraction of sp³-hybridized carbons (Fsp3) is 0.636. The van der Waals surface area contributed by atoms with Gasteiger partial charge in [-0.25, -0.2) is 0 Å². The van der Waals surface area contributed by atoms with Crippen LogP contribution in [-0.2, 0) is 15.9 Å². The summed E-state index contributed by atoms with van der Waals surface area (Å²) in [5.74, 6) is 0. The second-order valence-corrected chi connectivity index (χ2v) is 6.72. The lowest BCUT2D eigenvalue weighted by atomic mass is 10.1. The fourth-order valence-electron chi connectivity index (χ4n) is 3.08. The van der Waals surface area contributed by atoms with E-state index >= 15 is 0 Å². The second-order valence-electron chi connectivity index (χ2n) is 6.72. The van der Waals surface area contributed by atoms with Gasteiger partial charge in [-0.05, 0) is 56.9 Å². The molecule has 0 spiro atoms. The highest BCUT2D eigenvalue weighted by atomic mass is 16.7. The highest BCUT2D eigenvalue weighted by molar-refractivity contribution is 5.15. The highest BCUT2D eigenvalue weighted by Crippen LogP contribution is 2.14. The number of ether oxygens (including phenoxy) is 2. The summed E-state index contributed by atoms with van der Waals surface area (Å²) in [4.78, 5) is 0. The molecule has 1 atom stereocenters. The molecule has 1 heterocycles. The van der Waals surface area contributed by atoms with Crippen molar-refractivity contribution in [3.63, 3.8) is 0 Å². The largest absolute Gasteiger partial charge is 0.353 e. The lowest BCUT2D eigenvalue weighted by Crippen LogP contribution is -2.22. The van der Waals surface area contributed by atoms with Crippen LogP contribution in [0.3, 0.4) is 0 Å². The molecule has 1 aromatic carbocycles. The smallest absolute Gasteiger partial charge is 0.157 e. The Hall–Kier alpha value is -1.12. The standard InChI is InChI=1S/C22H34O2/c1(2-4-6-9-15-21-16-10-8-11-17-21)3-5-7-13-19-23-22-18-12-14-20-24-22/h4,6,8,10-11,16-17,22H,1-3,5,7,9,12-15,18-20H2. The maximum atomic E-state index is 5.76. The van der Waals surface area contributed by atoms with E-state index in [9.17, 15) is 0 Å². The van der Waals surface area contributed by atoms with Crippen LogP contribution in [-0.4, -0.2) is 19.5 Å². The summed E-state index contributed by atoms with van der Waals surface area (Å²) in [6.45, 7) is 1.74. The Labute approximate surface area is 148 Å². The summed E-state index contributed by atoms with van der Waals surface area (Å²) in [5.41, 5.74) is 1.43. The quantitative estimate of drug-likeness (QED) is 0.342. The molecule has 0 aromatic heterocycles. The van der Waals surface area contributed by atoms with Crippen LogP contribution in [0.4, 0.5) is 0 Å². The summed E-state index contributed by atoms with van der Waals surface area (Å²) in [6.07, 6.45) is 18.3. The van der Waals surface area contributed by atoms with Crippen molar-refractivity contribution in [3.05, 3.63) is 48.0 Å². The van der Waals surface area contributed by atoms with Crippen LogP contribution in [0.15, 0.2) is 42.5 Å². The Kier molecular flexibility index (Phi) is 10.6. The van der Waals surface area contributed by atoms with Crippen molar-refractivity contribution in [3.8, 4) is 0 Å². The van der Waals surface area contributed by atoms with Crippen LogP contribution in [0.1, 0.15) is 69.8 Å². The molecule has 1 aliphatic rings. The molecule has 0 radical (unpaired) electrons. The first-order chi connectivity index (χ1) is 11.9. The molecule has 1 aromatic rings. The Morgan fingerprint density at radius 2 is 1.71 bits per heavy atom. The van der Waals surface area contributed by atoms with Crippen molar-refractivity contribution in [1.82, 2.24) is 0 Å². The number of unbranched alkanes of at least 4 members (excludes halogenated alkanes) is 5. The van der Waals surface area contributed by atoms with Crippen molar-refractivity contribution in [2.45, 2.75) is 76.9 Å². The van der Waals surface area contributed by atoms with E-state index in [1.165, 1.54) is 56.9 Å². The summed E-state index contributed by atoms with van der Waals surface area (Å²) in [5, 5.41) is 0. The molecule has 2 rings (SSSR count). The summed E-state index contributed by atoms with van der Waals surface area (Å²) >= 11 is 0. The number of hydrogen-bond acceptors (Lipinski definition) is 2. The molecule has 1 saturated heterocycles.